The Hall–Kier alpha value is -3.28. The molecule has 2 aromatic carbocycles. The predicted molar refractivity (Wildman–Crippen MR) is 133 cm³/mol. The second-order valence-corrected chi connectivity index (χ2v) is 10.6. The number of fused-ring (bicyclic) bond motifs is 1. The zero-order valence-electron chi connectivity index (χ0n) is 20.8. The van der Waals surface area contributed by atoms with Crippen molar-refractivity contribution in [2.24, 2.45) is 0 Å². The first-order valence-corrected chi connectivity index (χ1v) is 12.9. The van der Waals surface area contributed by atoms with E-state index in [2.05, 4.69) is 10.1 Å². The number of aryl methyl sites for hydroxylation is 1. The van der Waals surface area contributed by atoms with Crippen molar-refractivity contribution in [3.05, 3.63) is 75.1 Å². The van der Waals surface area contributed by atoms with Crippen LogP contribution < -0.4 is 20.9 Å². The molecule has 3 aromatic rings. The topological polar surface area (TPSA) is 147 Å². The summed E-state index contributed by atoms with van der Waals surface area (Å²) in [6.07, 6.45) is -0.487. The van der Waals surface area contributed by atoms with E-state index >= 15 is 0 Å². The highest BCUT2D eigenvalue weighted by molar-refractivity contribution is 7.52. The van der Waals surface area contributed by atoms with Crippen LogP contribution in [0.4, 0.5) is 0 Å². The first kappa shape index (κ1) is 26.8. The molecule has 1 aromatic heterocycles. The molecule has 0 amide bonds. The maximum Gasteiger partial charge on any atom is 0.459 e. The number of esters is 1. The lowest BCUT2D eigenvalue weighted by Gasteiger charge is -2.29. The summed E-state index contributed by atoms with van der Waals surface area (Å²) in [5.74, 6) is -0.407. The zero-order valence-corrected chi connectivity index (χ0v) is 21.7. The average Bonchev–Trinajstić information content (AvgIpc) is 3.33. The van der Waals surface area contributed by atoms with Gasteiger partial charge in [-0.3, -0.25) is 23.7 Å². The lowest BCUT2D eigenvalue weighted by Crippen LogP contribution is -2.46. The molecule has 1 aliphatic heterocycles. The maximum absolute atomic E-state index is 13.9. The van der Waals surface area contributed by atoms with Gasteiger partial charge in [-0.05, 0) is 32.2 Å². The molecule has 1 fully saturated rings. The van der Waals surface area contributed by atoms with Crippen molar-refractivity contribution in [1.82, 2.24) is 14.6 Å². The van der Waals surface area contributed by atoms with Gasteiger partial charge in [-0.1, -0.05) is 36.4 Å². The number of carbonyl (C=O) groups is 1. The number of rotatable bonds is 9. The fourth-order valence-corrected chi connectivity index (χ4v) is 5.44. The van der Waals surface area contributed by atoms with Gasteiger partial charge in [-0.15, -0.1) is 0 Å². The van der Waals surface area contributed by atoms with Crippen LogP contribution in [0.15, 0.2) is 58.3 Å². The highest BCUT2D eigenvalue weighted by atomic mass is 31.2. The van der Waals surface area contributed by atoms with Crippen LogP contribution in [0.2, 0.25) is 0 Å². The standard InChI is InChI=1S/C24H28N3O9P/c1-15-12-27(23(30)25-21(15)28)19-13-33-20(35-19)14-34-37(31,26-24(2,3)22(29)32-4)36-18-11-7-9-16-8-5-6-10-17(16)18/h5-12,19-20H,13-14H2,1-4H3,(H,26,31)(H,25,28,30)/t19-,20-,37?/m1/s1. The Kier molecular flexibility index (Phi) is 7.67. The molecular formula is C24H28N3O9P. The molecule has 37 heavy (non-hydrogen) atoms. The Balaban J connectivity index is 1.54. The van der Waals surface area contributed by atoms with E-state index in [0.29, 0.717) is 10.9 Å². The van der Waals surface area contributed by atoms with Gasteiger partial charge in [0, 0.05) is 17.1 Å². The van der Waals surface area contributed by atoms with Gasteiger partial charge in [0.2, 0.25) is 0 Å². The number of aromatic amines is 1. The summed E-state index contributed by atoms with van der Waals surface area (Å²) in [7, 11) is -3.02. The van der Waals surface area contributed by atoms with E-state index in [1.54, 1.807) is 25.1 Å². The van der Waals surface area contributed by atoms with Crippen molar-refractivity contribution < 1.29 is 32.6 Å². The molecule has 2 N–H and O–H groups in total. The monoisotopic (exact) mass is 533 g/mol. The molecule has 0 bridgehead atoms. The Morgan fingerprint density at radius 1 is 1.22 bits per heavy atom. The Morgan fingerprint density at radius 3 is 2.70 bits per heavy atom. The van der Waals surface area contributed by atoms with Crippen molar-refractivity contribution in [1.29, 1.82) is 0 Å². The second-order valence-electron chi connectivity index (χ2n) is 8.92. The molecule has 1 saturated heterocycles. The number of H-pyrrole nitrogens is 1. The number of hydrogen-bond acceptors (Lipinski definition) is 9. The summed E-state index contributed by atoms with van der Waals surface area (Å²) in [6.45, 7) is 4.13. The van der Waals surface area contributed by atoms with Gasteiger partial charge in [0.25, 0.3) is 5.56 Å². The average molecular weight is 533 g/mol. The van der Waals surface area contributed by atoms with Crippen LogP contribution >= 0.6 is 7.75 Å². The molecule has 0 saturated carbocycles. The fraction of sp³-hybridized carbons (Fsp3) is 0.375. The van der Waals surface area contributed by atoms with Crippen LogP contribution in [-0.2, 0) is 28.1 Å². The number of nitrogens with one attached hydrogen (secondary N) is 2. The minimum absolute atomic E-state index is 0.0189. The summed E-state index contributed by atoms with van der Waals surface area (Å²) >= 11 is 0. The Labute approximate surface area is 212 Å². The van der Waals surface area contributed by atoms with E-state index in [9.17, 15) is 18.9 Å². The molecule has 13 heteroatoms. The van der Waals surface area contributed by atoms with Crippen LogP contribution in [0, 0.1) is 6.92 Å². The maximum atomic E-state index is 13.9. The van der Waals surface area contributed by atoms with E-state index in [0.717, 1.165) is 5.39 Å². The largest absolute Gasteiger partial charge is 0.468 e. The van der Waals surface area contributed by atoms with Crippen LogP contribution in [0.25, 0.3) is 10.8 Å². The van der Waals surface area contributed by atoms with E-state index in [4.69, 9.17) is 23.3 Å². The third kappa shape index (κ3) is 6.00. The smallest absolute Gasteiger partial charge is 0.459 e. The van der Waals surface area contributed by atoms with Gasteiger partial charge >= 0.3 is 19.4 Å². The van der Waals surface area contributed by atoms with E-state index in [1.165, 1.54) is 31.7 Å². The van der Waals surface area contributed by atoms with Crippen molar-refractivity contribution in [2.45, 2.75) is 38.8 Å². The lowest BCUT2D eigenvalue weighted by atomic mass is 10.1. The lowest BCUT2D eigenvalue weighted by molar-refractivity contribution is -0.146. The molecule has 198 valence electrons. The summed E-state index contributed by atoms with van der Waals surface area (Å²) in [4.78, 5) is 38.3. The highest BCUT2D eigenvalue weighted by Crippen LogP contribution is 2.48. The van der Waals surface area contributed by atoms with Crippen LogP contribution in [0.5, 0.6) is 5.75 Å². The summed E-state index contributed by atoms with van der Waals surface area (Å²) in [5.41, 5.74) is -2.26. The number of methoxy groups -OCH3 is 1. The SMILES string of the molecule is COC(=O)C(C)(C)NP(=O)(OC[C@@H]1OC[C@H](n2cc(C)c(=O)[nH]c2=O)O1)Oc1cccc2ccccc12. The van der Waals surface area contributed by atoms with E-state index in [-0.39, 0.29) is 19.0 Å². The normalized spacial score (nSPS) is 19.5. The van der Waals surface area contributed by atoms with Crippen LogP contribution in [0.1, 0.15) is 25.6 Å². The zero-order chi connectivity index (χ0) is 26.8. The van der Waals surface area contributed by atoms with Gasteiger partial charge in [0.05, 0.1) is 13.7 Å². The number of nitrogens with zero attached hydrogens (tertiary/aromatic N) is 1. The van der Waals surface area contributed by atoms with Crippen LogP contribution in [0.3, 0.4) is 0 Å². The third-order valence-corrected chi connectivity index (χ3v) is 7.41. The molecule has 3 atom stereocenters. The molecule has 1 aliphatic rings. The van der Waals surface area contributed by atoms with Gasteiger partial charge in [-0.2, -0.15) is 5.09 Å². The summed E-state index contributed by atoms with van der Waals surface area (Å²) in [5, 5.41) is 4.19. The Morgan fingerprint density at radius 2 is 1.95 bits per heavy atom. The molecule has 0 aliphatic carbocycles. The van der Waals surface area contributed by atoms with Crippen molar-refractivity contribution in [3.8, 4) is 5.75 Å². The highest BCUT2D eigenvalue weighted by Gasteiger charge is 2.41. The number of aromatic nitrogens is 2. The minimum Gasteiger partial charge on any atom is -0.468 e. The van der Waals surface area contributed by atoms with Crippen molar-refractivity contribution >= 4 is 24.5 Å². The fourth-order valence-electron chi connectivity index (χ4n) is 3.77. The Bertz CT molecular complexity index is 1460. The van der Waals surface area contributed by atoms with Gasteiger partial charge < -0.3 is 18.7 Å². The van der Waals surface area contributed by atoms with Crippen molar-refractivity contribution in [2.75, 3.05) is 20.3 Å². The number of carbonyl (C=O) groups excluding carboxylic acids is 1. The summed E-state index contributed by atoms with van der Waals surface area (Å²) < 4.78 is 42.8. The molecule has 0 spiro atoms. The van der Waals surface area contributed by atoms with Crippen LogP contribution in [-0.4, -0.2) is 47.7 Å². The molecular weight excluding hydrogens is 505 g/mol. The quantitative estimate of drug-likeness (QED) is 0.311. The first-order chi connectivity index (χ1) is 17.5. The van der Waals surface area contributed by atoms with Gasteiger partial charge in [0.1, 0.15) is 17.9 Å². The second kappa shape index (κ2) is 10.6. The molecule has 12 nitrogen and oxygen atoms in total. The van der Waals surface area contributed by atoms with E-state index in [1.807, 2.05) is 24.3 Å². The number of ether oxygens (including phenoxy) is 3. The summed E-state index contributed by atoms with van der Waals surface area (Å²) in [6, 6.07) is 12.6. The van der Waals surface area contributed by atoms with Crippen molar-refractivity contribution in [3.63, 3.8) is 0 Å². The molecule has 4 rings (SSSR count). The number of hydrogen-bond donors (Lipinski definition) is 2. The third-order valence-electron chi connectivity index (χ3n) is 5.65. The minimum atomic E-state index is -4.23. The number of benzene rings is 2. The molecule has 0 radical (unpaired) electrons. The van der Waals surface area contributed by atoms with Gasteiger partial charge in [0.15, 0.2) is 12.5 Å². The molecule has 1 unspecified atom stereocenters. The first-order valence-electron chi connectivity index (χ1n) is 11.4. The molecule has 2 heterocycles. The predicted octanol–water partition coefficient (Wildman–Crippen LogP) is 2.61. The van der Waals surface area contributed by atoms with Gasteiger partial charge in [-0.25, -0.2) is 9.36 Å². The van der Waals surface area contributed by atoms with E-state index < -0.39 is 43.0 Å².